The second-order valence-corrected chi connectivity index (χ2v) is 10.7. The van der Waals surface area contributed by atoms with Crippen LogP contribution in [0, 0.1) is 5.92 Å². The van der Waals surface area contributed by atoms with Crippen LogP contribution in [0.1, 0.15) is 42.9 Å². The summed E-state index contributed by atoms with van der Waals surface area (Å²) >= 11 is 0. The van der Waals surface area contributed by atoms with Gasteiger partial charge < -0.3 is 23.8 Å². The van der Waals surface area contributed by atoms with Gasteiger partial charge in [0.25, 0.3) is 5.91 Å². The second kappa shape index (κ2) is 13.4. The SMILES string of the molecule is COc1ccc(C2=NN(C(=O)CN(CCN3CCOCC3)C(=O)C3CCC3)[C@@H](c3ccc(OC)c(OC)c3)C2)cc1. The van der Waals surface area contributed by atoms with Crippen LogP contribution in [-0.4, -0.2) is 99.6 Å². The number of hydrogen-bond acceptors (Lipinski definition) is 8. The van der Waals surface area contributed by atoms with E-state index in [4.69, 9.17) is 24.0 Å². The Balaban J connectivity index is 1.40. The summed E-state index contributed by atoms with van der Waals surface area (Å²) in [6.45, 7) is 4.27. The lowest BCUT2D eigenvalue weighted by atomic mass is 9.84. The normalized spacial score (nSPS) is 19.3. The average molecular weight is 565 g/mol. The van der Waals surface area contributed by atoms with Crippen molar-refractivity contribution in [3.05, 3.63) is 53.6 Å². The van der Waals surface area contributed by atoms with E-state index < -0.39 is 0 Å². The maximum atomic E-state index is 14.0. The lowest BCUT2D eigenvalue weighted by molar-refractivity contribution is -0.145. The fourth-order valence-corrected chi connectivity index (χ4v) is 5.52. The van der Waals surface area contributed by atoms with E-state index in [0.29, 0.717) is 44.2 Å². The minimum absolute atomic E-state index is 0.00562. The first-order valence-corrected chi connectivity index (χ1v) is 14.4. The highest BCUT2D eigenvalue weighted by Gasteiger charge is 2.37. The van der Waals surface area contributed by atoms with Crippen molar-refractivity contribution in [2.75, 3.05) is 67.3 Å². The largest absolute Gasteiger partial charge is 0.497 e. The van der Waals surface area contributed by atoms with Crippen molar-refractivity contribution in [1.82, 2.24) is 14.8 Å². The van der Waals surface area contributed by atoms with Crippen molar-refractivity contribution in [2.45, 2.75) is 31.7 Å². The Morgan fingerprint density at radius 3 is 2.34 bits per heavy atom. The lowest BCUT2D eigenvalue weighted by Gasteiger charge is -2.34. The zero-order valence-electron chi connectivity index (χ0n) is 24.2. The van der Waals surface area contributed by atoms with Crippen molar-refractivity contribution in [3.8, 4) is 17.2 Å². The van der Waals surface area contributed by atoms with E-state index in [-0.39, 0.29) is 30.3 Å². The molecule has 0 bridgehead atoms. The molecule has 2 fully saturated rings. The molecule has 0 aromatic heterocycles. The van der Waals surface area contributed by atoms with Gasteiger partial charge in [-0.25, -0.2) is 5.01 Å². The molecule has 220 valence electrons. The minimum Gasteiger partial charge on any atom is -0.497 e. The van der Waals surface area contributed by atoms with Gasteiger partial charge in [-0.2, -0.15) is 5.10 Å². The predicted octanol–water partition coefficient (Wildman–Crippen LogP) is 3.35. The molecule has 2 heterocycles. The highest BCUT2D eigenvalue weighted by atomic mass is 16.5. The molecule has 10 nitrogen and oxygen atoms in total. The monoisotopic (exact) mass is 564 g/mol. The van der Waals surface area contributed by atoms with Gasteiger partial charge in [0, 0.05) is 38.5 Å². The van der Waals surface area contributed by atoms with Gasteiger partial charge in [0.1, 0.15) is 12.3 Å². The standard InChI is InChI=1S/C31H40N4O6/c1-38-25-10-7-22(8-11-25)26-20-27(24-9-12-28(39-2)29(19-24)40-3)35(32-26)30(36)21-34(31(37)23-5-4-6-23)14-13-33-15-17-41-18-16-33/h7-12,19,23,27H,4-6,13-18,20-21H2,1-3H3/t27-/m1/s1. The Kier molecular flexibility index (Phi) is 9.41. The van der Waals surface area contributed by atoms with Gasteiger partial charge in [0.2, 0.25) is 5.91 Å². The van der Waals surface area contributed by atoms with E-state index in [2.05, 4.69) is 4.90 Å². The third-order valence-corrected chi connectivity index (χ3v) is 8.26. The maximum absolute atomic E-state index is 14.0. The summed E-state index contributed by atoms with van der Waals surface area (Å²) in [5.74, 6) is 1.82. The van der Waals surface area contributed by atoms with Crippen LogP contribution in [0.3, 0.4) is 0 Å². The molecule has 0 spiro atoms. The summed E-state index contributed by atoms with van der Waals surface area (Å²) in [7, 11) is 4.82. The first-order valence-electron chi connectivity index (χ1n) is 14.4. The van der Waals surface area contributed by atoms with Crippen LogP contribution in [0.4, 0.5) is 0 Å². The summed E-state index contributed by atoms with van der Waals surface area (Å²) in [4.78, 5) is 31.5. The van der Waals surface area contributed by atoms with Crippen molar-refractivity contribution in [1.29, 1.82) is 0 Å². The predicted molar refractivity (Wildman–Crippen MR) is 154 cm³/mol. The Morgan fingerprint density at radius 2 is 1.71 bits per heavy atom. The molecule has 2 amide bonds. The van der Waals surface area contributed by atoms with Crippen LogP contribution in [0.5, 0.6) is 17.2 Å². The topological polar surface area (TPSA) is 93.1 Å². The van der Waals surface area contributed by atoms with Crippen LogP contribution in [-0.2, 0) is 14.3 Å². The molecule has 2 aromatic rings. The van der Waals surface area contributed by atoms with Crippen LogP contribution in [0.15, 0.2) is 47.6 Å². The number of hydrogen-bond donors (Lipinski definition) is 0. The summed E-state index contributed by atoms with van der Waals surface area (Å²) in [6.07, 6.45) is 3.36. The zero-order chi connectivity index (χ0) is 28.8. The summed E-state index contributed by atoms with van der Waals surface area (Å²) in [5.41, 5.74) is 2.60. The molecule has 1 atom stereocenters. The number of amides is 2. The molecular formula is C31H40N4O6. The lowest BCUT2D eigenvalue weighted by Crippen LogP contribution is -2.49. The molecule has 3 aliphatic rings. The quantitative estimate of drug-likeness (QED) is 0.413. The fourth-order valence-electron chi connectivity index (χ4n) is 5.52. The molecule has 2 aromatic carbocycles. The molecule has 0 unspecified atom stereocenters. The number of nitrogens with zero attached hydrogens (tertiary/aromatic N) is 4. The summed E-state index contributed by atoms with van der Waals surface area (Å²) in [5, 5.41) is 6.39. The van der Waals surface area contributed by atoms with E-state index >= 15 is 0 Å². The van der Waals surface area contributed by atoms with Gasteiger partial charge in [-0.15, -0.1) is 0 Å². The molecule has 1 saturated heterocycles. The highest BCUT2D eigenvalue weighted by molar-refractivity contribution is 6.03. The van der Waals surface area contributed by atoms with Crippen LogP contribution >= 0.6 is 0 Å². The van der Waals surface area contributed by atoms with Crippen LogP contribution < -0.4 is 14.2 Å². The van der Waals surface area contributed by atoms with Crippen LogP contribution in [0.2, 0.25) is 0 Å². The van der Waals surface area contributed by atoms with Gasteiger partial charge in [-0.05, 0) is 60.4 Å². The van der Waals surface area contributed by atoms with E-state index in [9.17, 15) is 9.59 Å². The Morgan fingerprint density at radius 1 is 0.976 bits per heavy atom. The fraction of sp³-hybridized carbons (Fsp3) is 0.516. The van der Waals surface area contributed by atoms with Crippen molar-refractivity contribution >= 4 is 17.5 Å². The van der Waals surface area contributed by atoms with Gasteiger partial charge >= 0.3 is 0 Å². The Labute approximate surface area is 241 Å². The molecular weight excluding hydrogens is 524 g/mol. The number of methoxy groups -OCH3 is 3. The molecule has 2 aliphatic heterocycles. The highest BCUT2D eigenvalue weighted by Crippen LogP contribution is 2.38. The van der Waals surface area contributed by atoms with E-state index in [1.165, 1.54) is 0 Å². The van der Waals surface area contributed by atoms with E-state index in [1.54, 1.807) is 31.2 Å². The van der Waals surface area contributed by atoms with Crippen molar-refractivity contribution < 1.29 is 28.5 Å². The van der Waals surface area contributed by atoms with E-state index in [1.807, 2.05) is 42.5 Å². The van der Waals surface area contributed by atoms with E-state index in [0.717, 1.165) is 54.9 Å². The molecule has 5 rings (SSSR count). The average Bonchev–Trinajstić information content (AvgIpc) is 3.44. The van der Waals surface area contributed by atoms with Gasteiger partial charge in [0.15, 0.2) is 11.5 Å². The molecule has 1 aliphatic carbocycles. The number of carbonyl (C=O) groups excluding carboxylic acids is 2. The third kappa shape index (κ3) is 6.65. The number of morpholine rings is 1. The third-order valence-electron chi connectivity index (χ3n) is 8.26. The molecule has 1 saturated carbocycles. The molecule has 10 heteroatoms. The first kappa shape index (κ1) is 28.9. The molecule has 0 N–H and O–H groups in total. The maximum Gasteiger partial charge on any atom is 0.262 e. The second-order valence-electron chi connectivity index (χ2n) is 10.7. The summed E-state index contributed by atoms with van der Waals surface area (Å²) in [6, 6.07) is 13.0. The number of carbonyl (C=O) groups is 2. The first-order chi connectivity index (χ1) is 20.0. The Bertz CT molecular complexity index is 1240. The molecule has 41 heavy (non-hydrogen) atoms. The molecule has 0 radical (unpaired) electrons. The zero-order valence-corrected chi connectivity index (χ0v) is 24.2. The Hall–Kier alpha value is -3.63. The number of hydrazone groups is 1. The van der Waals surface area contributed by atoms with Crippen molar-refractivity contribution in [2.24, 2.45) is 11.0 Å². The number of rotatable bonds is 11. The van der Waals surface area contributed by atoms with Crippen LogP contribution in [0.25, 0.3) is 0 Å². The number of benzene rings is 2. The minimum atomic E-state index is -0.348. The van der Waals surface area contributed by atoms with Crippen molar-refractivity contribution in [3.63, 3.8) is 0 Å². The smallest absolute Gasteiger partial charge is 0.262 e. The number of ether oxygens (including phenoxy) is 4. The van der Waals surface area contributed by atoms with Gasteiger partial charge in [-0.3, -0.25) is 14.5 Å². The summed E-state index contributed by atoms with van der Waals surface area (Å²) < 4.78 is 21.8. The van der Waals surface area contributed by atoms with Gasteiger partial charge in [-0.1, -0.05) is 12.5 Å². The van der Waals surface area contributed by atoms with Gasteiger partial charge in [0.05, 0.1) is 46.3 Å².